The maximum absolute atomic E-state index is 10.4. The second-order valence-corrected chi connectivity index (χ2v) is 8.51. The van der Waals surface area contributed by atoms with Crippen LogP contribution in [0.15, 0.2) is 4.99 Å². The molecule has 0 aromatic carbocycles. The van der Waals surface area contributed by atoms with Crippen LogP contribution in [-0.2, 0) is 4.74 Å². The Balaban J connectivity index is 0.00000225. The quantitative estimate of drug-likeness (QED) is 0.309. The molecule has 8 heteroatoms. The Morgan fingerprint density at radius 2 is 2.16 bits per heavy atom. The molecule has 0 aromatic rings. The van der Waals surface area contributed by atoms with Crippen molar-refractivity contribution in [1.29, 1.82) is 0 Å². The zero-order valence-corrected chi connectivity index (χ0v) is 18.4. The molecule has 0 saturated carbocycles. The number of halogens is 1. The molecule has 0 radical (unpaired) electrons. The molecule has 146 valence electrons. The van der Waals surface area contributed by atoms with Gasteiger partial charge in [0.2, 0.25) is 0 Å². The van der Waals surface area contributed by atoms with Crippen LogP contribution in [0.4, 0.5) is 0 Å². The summed E-state index contributed by atoms with van der Waals surface area (Å²) in [6, 6.07) is 0.472. The number of thioether (sulfide) groups is 1. The number of guanidine groups is 1. The molecule has 0 amide bonds. The van der Waals surface area contributed by atoms with E-state index in [1.54, 1.807) is 7.05 Å². The summed E-state index contributed by atoms with van der Waals surface area (Å²) < 4.78 is 5.48. The largest absolute Gasteiger partial charge is 0.387 e. The predicted molar refractivity (Wildman–Crippen MR) is 115 cm³/mol. The van der Waals surface area contributed by atoms with Gasteiger partial charge in [0.25, 0.3) is 0 Å². The molecule has 3 fully saturated rings. The van der Waals surface area contributed by atoms with Gasteiger partial charge < -0.3 is 25.4 Å². The summed E-state index contributed by atoms with van der Waals surface area (Å²) in [5.74, 6) is 3.42. The van der Waals surface area contributed by atoms with E-state index >= 15 is 0 Å². The molecule has 3 rings (SSSR count). The molecule has 3 saturated heterocycles. The third-order valence-corrected chi connectivity index (χ3v) is 6.59. The summed E-state index contributed by atoms with van der Waals surface area (Å²) in [5.41, 5.74) is -0.574. The van der Waals surface area contributed by atoms with Gasteiger partial charge in [-0.3, -0.25) is 4.99 Å². The summed E-state index contributed by atoms with van der Waals surface area (Å²) >= 11 is 1.82. The number of aliphatic hydroxyl groups is 1. The fraction of sp³-hybridized carbons (Fsp3) is 0.941. The lowest BCUT2D eigenvalue weighted by molar-refractivity contribution is 0.0723. The lowest BCUT2D eigenvalue weighted by Crippen LogP contribution is -2.52. The smallest absolute Gasteiger partial charge is 0.191 e. The van der Waals surface area contributed by atoms with E-state index in [4.69, 9.17) is 4.74 Å². The van der Waals surface area contributed by atoms with Crippen LogP contribution in [0.2, 0.25) is 0 Å². The first-order chi connectivity index (χ1) is 11.7. The molecule has 25 heavy (non-hydrogen) atoms. The summed E-state index contributed by atoms with van der Waals surface area (Å²) in [5, 5.41) is 17.3. The van der Waals surface area contributed by atoms with E-state index < -0.39 is 5.60 Å². The predicted octanol–water partition coefficient (Wildman–Crippen LogP) is 1.14. The molecule has 0 spiro atoms. The Kier molecular flexibility index (Phi) is 9.07. The van der Waals surface area contributed by atoms with E-state index in [-0.39, 0.29) is 24.0 Å². The van der Waals surface area contributed by atoms with E-state index in [0.717, 1.165) is 68.9 Å². The molecule has 3 N–H and O–H groups in total. The molecule has 2 atom stereocenters. The average molecular weight is 484 g/mol. The van der Waals surface area contributed by atoms with Crippen molar-refractivity contribution in [2.75, 3.05) is 57.9 Å². The molecule has 3 aliphatic rings. The Hall–Kier alpha value is 0.230. The Morgan fingerprint density at radius 1 is 1.36 bits per heavy atom. The van der Waals surface area contributed by atoms with Crippen molar-refractivity contribution in [3.63, 3.8) is 0 Å². The van der Waals surface area contributed by atoms with E-state index in [9.17, 15) is 5.11 Å². The molecule has 2 unspecified atom stereocenters. The van der Waals surface area contributed by atoms with Crippen molar-refractivity contribution in [3.8, 4) is 0 Å². The minimum atomic E-state index is -0.574. The maximum atomic E-state index is 10.4. The van der Waals surface area contributed by atoms with Gasteiger partial charge in [-0.1, -0.05) is 0 Å². The van der Waals surface area contributed by atoms with Crippen LogP contribution in [0.1, 0.15) is 25.7 Å². The minimum Gasteiger partial charge on any atom is -0.387 e. The SMILES string of the molecule is CN=C(NCC1(O)CCSC1)NC1CCN(CC2CCOC2)CC1.I. The Morgan fingerprint density at radius 3 is 2.76 bits per heavy atom. The van der Waals surface area contributed by atoms with Crippen molar-refractivity contribution in [2.45, 2.75) is 37.3 Å². The highest BCUT2D eigenvalue weighted by Crippen LogP contribution is 2.27. The average Bonchev–Trinajstić information content (AvgIpc) is 3.25. The fourth-order valence-electron chi connectivity index (χ4n) is 3.72. The number of aliphatic imine (C=N–C) groups is 1. The highest BCUT2D eigenvalue weighted by Gasteiger charge is 2.32. The van der Waals surface area contributed by atoms with Crippen molar-refractivity contribution in [2.24, 2.45) is 10.9 Å². The standard InChI is InChI=1S/C17H32N4O2S.HI/c1-18-16(19-12-17(22)5-9-24-13-17)20-15-2-6-21(7-3-15)10-14-4-8-23-11-14;/h14-15,22H,2-13H2,1H3,(H2,18,19,20);1H. The third kappa shape index (κ3) is 6.71. The molecule has 3 heterocycles. The number of rotatable bonds is 5. The van der Waals surface area contributed by atoms with Crippen LogP contribution < -0.4 is 10.6 Å². The van der Waals surface area contributed by atoms with Gasteiger partial charge in [0.15, 0.2) is 5.96 Å². The summed E-state index contributed by atoms with van der Waals surface area (Å²) in [4.78, 5) is 6.90. The minimum absolute atomic E-state index is 0. The van der Waals surface area contributed by atoms with Crippen molar-refractivity contribution in [1.82, 2.24) is 15.5 Å². The maximum Gasteiger partial charge on any atom is 0.191 e. The summed E-state index contributed by atoms with van der Waals surface area (Å²) in [6.07, 6.45) is 4.38. The van der Waals surface area contributed by atoms with E-state index in [1.807, 2.05) is 11.8 Å². The van der Waals surface area contributed by atoms with Crippen LogP contribution in [-0.4, -0.2) is 85.6 Å². The molecule has 6 nitrogen and oxygen atoms in total. The zero-order chi connectivity index (χ0) is 16.8. The van der Waals surface area contributed by atoms with E-state index in [1.165, 1.54) is 13.0 Å². The first-order valence-electron chi connectivity index (χ1n) is 9.24. The highest BCUT2D eigenvalue weighted by molar-refractivity contribution is 14.0. The molecular weight excluding hydrogens is 451 g/mol. The molecular formula is C17H33IN4O2S. The summed E-state index contributed by atoms with van der Waals surface area (Å²) in [7, 11) is 1.80. The van der Waals surface area contributed by atoms with Crippen LogP contribution in [0.25, 0.3) is 0 Å². The van der Waals surface area contributed by atoms with Gasteiger partial charge in [-0.05, 0) is 37.4 Å². The van der Waals surface area contributed by atoms with Gasteiger partial charge in [0.1, 0.15) is 0 Å². The first kappa shape index (κ1) is 21.5. The highest BCUT2D eigenvalue weighted by atomic mass is 127. The zero-order valence-electron chi connectivity index (χ0n) is 15.2. The second kappa shape index (κ2) is 10.5. The van der Waals surface area contributed by atoms with Gasteiger partial charge in [-0.2, -0.15) is 11.8 Å². The topological polar surface area (TPSA) is 69.1 Å². The van der Waals surface area contributed by atoms with E-state index in [0.29, 0.717) is 12.6 Å². The van der Waals surface area contributed by atoms with Gasteiger partial charge in [-0.25, -0.2) is 0 Å². The van der Waals surface area contributed by atoms with Crippen LogP contribution in [0.3, 0.4) is 0 Å². The van der Waals surface area contributed by atoms with Gasteiger partial charge in [0.05, 0.1) is 12.2 Å². The van der Waals surface area contributed by atoms with E-state index in [2.05, 4.69) is 20.5 Å². The van der Waals surface area contributed by atoms with Crippen molar-refractivity contribution < 1.29 is 9.84 Å². The van der Waals surface area contributed by atoms with Crippen molar-refractivity contribution >= 4 is 41.7 Å². The number of likely N-dealkylation sites (tertiary alicyclic amines) is 1. The number of piperidine rings is 1. The van der Waals surface area contributed by atoms with Crippen molar-refractivity contribution in [3.05, 3.63) is 0 Å². The van der Waals surface area contributed by atoms with Crippen LogP contribution >= 0.6 is 35.7 Å². The van der Waals surface area contributed by atoms with Gasteiger partial charge in [0, 0.05) is 51.6 Å². The van der Waals surface area contributed by atoms with Crippen LogP contribution in [0, 0.1) is 5.92 Å². The normalized spacial score (nSPS) is 31.8. The lowest BCUT2D eigenvalue weighted by atomic mass is 10.0. The summed E-state index contributed by atoms with van der Waals surface area (Å²) in [6.45, 7) is 5.94. The molecule has 3 aliphatic heterocycles. The number of nitrogens with one attached hydrogen (secondary N) is 2. The Labute approximate surface area is 172 Å². The van der Waals surface area contributed by atoms with Crippen LogP contribution in [0.5, 0.6) is 0 Å². The number of hydrogen-bond donors (Lipinski definition) is 3. The first-order valence-corrected chi connectivity index (χ1v) is 10.4. The molecule has 0 bridgehead atoms. The third-order valence-electron chi connectivity index (χ3n) is 5.36. The Bertz CT molecular complexity index is 421. The fourth-order valence-corrected chi connectivity index (χ4v) is 5.02. The number of nitrogens with zero attached hydrogens (tertiary/aromatic N) is 2. The monoisotopic (exact) mass is 484 g/mol. The van der Waals surface area contributed by atoms with Gasteiger partial charge >= 0.3 is 0 Å². The van der Waals surface area contributed by atoms with Gasteiger partial charge in [-0.15, -0.1) is 24.0 Å². The second-order valence-electron chi connectivity index (χ2n) is 7.40. The number of hydrogen-bond acceptors (Lipinski definition) is 5. The molecule has 0 aromatic heterocycles. The lowest BCUT2D eigenvalue weighted by Gasteiger charge is -2.34. The molecule has 0 aliphatic carbocycles. The number of ether oxygens (including phenoxy) is 1.